The molecule has 0 saturated heterocycles. The molecule has 8 nitrogen and oxygen atoms in total. The van der Waals surface area contributed by atoms with Crippen LogP contribution in [0.1, 0.15) is 117 Å². The Morgan fingerprint density at radius 2 is 1.17 bits per heavy atom. The summed E-state index contributed by atoms with van der Waals surface area (Å²) in [5.41, 5.74) is 0. The molecule has 0 spiro atoms. The first-order valence-corrected chi connectivity index (χ1v) is 14.1. The molecule has 0 aromatic rings. The molecule has 1 atom stereocenters. The maximum Gasteiger partial charge on any atom is 0.304 e. The number of aliphatic hydroxyl groups is 1. The van der Waals surface area contributed by atoms with E-state index in [2.05, 4.69) is 19.1 Å². The summed E-state index contributed by atoms with van der Waals surface area (Å²) in [5, 5.41) is 27.5. The van der Waals surface area contributed by atoms with E-state index in [0.29, 0.717) is 6.42 Å². The van der Waals surface area contributed by atoms with Crippen LogP contribution in [0.15, 0.2) is 12.2 Å². The first-order chi connectivity index (χ1) is 17.3. The smallest absolute Gasteiger partial charge is 0.304 e. The van der Waals surface area contributed by atoms with Crippen LogP contribution in [0.4, 0.5) is 0 Å². The molecule has 0 radical (unpaired) electrons. The van der Waals surface area contributed by atoms with Gasteiger partial charge in [-0.1, -0.05) is 70.4 Å². The Bertz CT molecular complexity index is 593. The molecule has 0 aliphatic heterocycles. The maximum atomic E-state index is 12.8. The average Bonchev–Trinajstić information content (AvgIpc) is 2.84. The normalized spacial score (nSPS) is 12.3. The number of carbonyl (C=O) groups is 3. The van der Waals surface area contributed by atoms with Crippen molar-refractivity contribution in [3.63, 3.8) is 0 Å². The molecule has 0 heterocycles. The minimum atomic E-state index is -0.976. The molecule has 0 fully saturated rings. The molecule has 36 heavy (non-hydrogen) atoms. The highest BCUT2D eigenvalue weighted by atomic mass is 16.4. The maximum absolute atomic E-state index is 12.8. The van der Waals surface area contributed by atoms with Crippen LogP contribution in [-0.2, 0) is 14.4 Å². The summed E-state index contributed by atoms with van der Waals surface area (Å²) in [7, 11) is 0. The molecule has 0 aliphatic carbocycles. The lowest BCUT2D eigenvalue weighted by molar-refractivity contribution is -0.140. The van der Waals surface area contributed by atoms with Crippen LogP contribution >= 0.6 is 0 Å². The molecule has 8 heteroatoms. The molecular formula is C28H52N2O6. The van der Waals surface area contributed by atoms with E-state index in [-0.39, 0.29) is 45.0 Å². The van der Waals surface area contributed by atoms with E-state index in [0.717, 1.165) is 38.5 Å². The van der Waals surface area contributed by atoms with Crippen molar-refractivity contribution in [2.24, 2.45) is 0 Å². The van der Waals surface area contributed by atoms with E-state index >= 15 is 0 Å². The third-order valence-corrected chi connectivity index (χ3v) is 6.52. The minimum Gasteiger partial charge on any atom is -0.481 e. The minimum absolute atomic E-state index is 0.0928. The van der Waals surface area contributed by atoms with Gasteiger partial charge >= 0.3 is 11.9 Å². The predicted molar refractivity (Wildman–Crippen MR) is 144 cm³/mol. The molecule has 0 aromatic heterocycles. The summed E-state index contributed by atoms with van der Waals surface area (Å²) >= 11 is 0. The van der Waals surface area contributed by atoms with Crippen LogP contribution in [0.2, 0.25) is 0 Å². The van der Waals surface area contributed by atoms with Gasteiger partial charge in [-0.2, -0.15) is 0 Å². The van der Waals surface area contributed by atoms with Crippen molar-refractivity contribution in [2.75, 3.05) is 26.2 Å². The summed E-state index contributed by atoms with van der Waals surface area (Å²) in [4.78, 5) is 38.1. The standard InChI is InChI=1S/C28H52N2O6/c1-3-4-5-6-7-8-9-10-11-12-13-14-15-16-17-18-26(32)30(23-24-31)25(2)29(21-19-27(33)34)22-20-28(35)36/h10-11,25,31H,3-9,12-24H2,1-2H3,(H,33,34)(H,35,36)/b11-10-. The van der Waals surface area contributed by atoms with E-state index in [4.69, 9.17) is 10.2 Å². The van der Waals surface area contributed by atoms with E-state index in [9.17, 15) is 19.5 Å². The highest BCUT2D eigenvalue weighted by Gasteiger charge is 2.25. The monoisotopic (exact) mass is 512 g/mol. The van der Waals surface area contributed by atoms with E-state index in [1.54, 1.807) is 11.8 Å². The Morgan fingerprint density at radius 1 is 0.694 bits per heavy atom. The number of aliphatic hydroxyl groups excluding tert-OH is 1. The molecule has 3 N–H and O–H groups in total. The number of nitrogens with zero attached hydrogens (tertiary/aromatic N) is 2. The number of allylic oxidation sites excluding steroid dienone is 2. The molecule has 0 bridgehead atoms. The topological polar surface area (TPSA) is 118 Å². The lowest BCUT2D eigenvalue weighted by atomic mass is 10.1. The Hall–Kier alpha value is -1.93. The SMILES string of the molecule is CCCCCCCC/C=C\CCCCCCCC(=O)N(CCO)C(C)N(CCC(=O)O)CCC(=O)O. The van der Waals surface area contributed by atoms with Gasteiger partial charge in [-0.15, -0.1) is 0 Å². The number of hydrogen-bond donors (Lipinski definition) is 3. The van der Waals surface area contributed by atoms with Crippen molar-refractivity contribution in [2.45, 2.75) is 123 Å². The van der Waals surface area contributed by atoms with Gasteiger partial charge in [0, 0.05) is 26.1 Å². The highest BCUT2D eigenvalue weighted by molar-refractivity contribution is 5.76. The van der Waals surface area contributed by atoms with E-state index < -0.39 is 18.1 Å². The van der Waals surface area contributed by atoms with Crippen molar-refractivity contribution >= 4 is 17.8 Å². The van der Waals surface area contributed by atoms with Gasteiger partial charge in [-0.05, 0) is 39.0 Å². The number of carboxylic acid groups (broad SMARTS) is 2. The number of carbonyl (C=O) groups excluding carboxylic acids is 1. The lowest BCUT2D eigenvalue weighted by Gasteiger charge is -2.37. The van der Waals surface area contributed by atoms with Gasteiger partial charge in [-0.3, -0.25) is 19.3 Å². The van der Waals surface area contributed by atoms with Crippen LogP contribution in [0.3, 0.4) is 0 Å². The number of aliphatic carboxylic acids is 2. The van der Waals surface area contributed by atoms with Gasteiger partial charge in [0.05, 0.1) is 25.6 Å². The third kappa shape index (κ3) is 19.3. The Kier molecular flexibility index (Phi) is 22.2. The first-order valence-electron chi connectivity index (χ1n) is 14.1. The molecule has 1 amide bonds. The molecular weight excluding hydrogens is 460 g/mol. The van der Waals surface area contributed by atoms with Gasteiger partial charge in [0.15, 0.2) is 0 Å². The molecule has 1 unspecified atom stereocenters. The van der Waals surface area contributed by atoms with Crippen molar-refractivity contribution in [3.05, 3.63) is 12.2 Å². The zero-order valence-electron chi connectivity index (χ0n) is 22.8. The number of rotatable bonds is 25. The van der Waals surface area contributed by atoms with Crippen LogP contribution in [-0.4, -0.2) is 75.4 Å². The molecule has 210 valence electrons. The number of amides is 1. The second kappa shape index (κ2) is 23.5. The van der Waals surface area contributed by atoms with Crippen LogP contribution in [0.25, 0.3) is 0 Å². The third-order valence-electron chi connectivity index (χ3n) is 6.52. The quantitative estimate of drug-likeness (QED) is 0.0846. The molecule has 0 aliphatic rings. The zero-order valence-corrected chi connectivity index (χ0v) is 22.8. The van der Waals surface area contributed by atoms with Gasteiger partial charge in [0.25, 0.3) is 0 Å². The van der Waals surface area contributed by atoms with Crippen LogP contribution in [0.5, 0.6) is 0 Å². The van der Waals surface area contributed by atoms with Gasteiger partial charge < -0.3 is 20.2 Å². The predicted octanol–water partition coefficient (Wildman–Crippen LogP) is 5.44. The average molecular weight is 513 g/mol. The number of unbranched alkanes of at least 4 members (excludes halogenated alkanes) is 11. The Balaban J connectivity index is 4.22. The van der Waals surface area contributed by atoms with Crippen molar-refractivity contribution in [1.82, 2.24) is 9.80 Å². The Labute approximate surface area is 218 Å². The summed E-state index contributed by atoms with van der Waals surface area (Å²) in [5.74, 6) is -2.04. The summed E-state index contributed by atoms with van der Waals surface area (Å²) in [6.07, 6.45) is 19.6. The van der Waals surface area contributed by atoms with E-state index in [1.807, 2.05) is 0 Å². The summed E-state index contributed by atoms with van der Waals surface area (Å²) in [6.45, 7) is 4.23. The number of hydrogen-bond acceptors (Lipinski definition) is 5. The molecule has 0 rings (SSSR count). The highest BCUT2D eigenvalue weighted by Crippen LogP contribution is 2.14. The van der Waals surface area contributed by atoms with Gasteiger partial charge in [0.2, 0.25) is 5.91 Å². The second-order valence-electron chi connectivity index (χ2n) is 9.60. The fraction of sp³-hybridized carbons (Fsp3) is 0.821. The summed E-state index contributed by atoms with van der Waals surface area (Å²) < 4.78 is 0. The summed E-state index contributed by atoms with van der Waals surface area (Å²) in [6, 6.07) is 0. The number of carboxylic acids is 2. The Morgan fingerprint density at radius 3 is 1.64 bits per heavy atom. The van der Waals surface area contributed by atoms with Crippen molar-refractivity contribution in [1.29, 1.82) is 0 Å². The van der Waals surface area contributed by atoms with Crippen molar-refractivity contribution in [3.8, 4) is 0 Å². The zero-order chi connectivity index (χ0) is 27.0. The van der Waals surface area contributed by atoms with Crippen LogP contribution < -0.4 is 0 Å². The van der Waals surface area contributed by atoms with Gasteiger partial charge in [0.1, 0.15) is 0 Å². The fourth-order valence-corrected chi connectivity index (χ4v) is 4.28. The van der Waals surface area contributed by atoms with E-state index in [1.165, 1.54) is 49.8 Å². The largest absolute Gasteiger partial charge is 0.481 e. The second-order valence-corrected chi connectivity index (χ2v) is 9.60. The van der Waals surface area contributed by atoms with Gasteiger partial charge in [-0.25, -0.2) is 0 Å². The molecule has 0 aromatic carbocycles. The molecule has 0 saturated carbocycles. The fourth-order valence-electron chi connectivity index (χ4n) is 4.28. The lowest BCUT2D eigenvalue weighted by Crippen LogP contribution is -2.51. The van der Waals surface area contributed by atoms with Crippen molar-refractivity contribution < 1.29 is 29.7 Å². The first kappa shape index (κ1) is 34.1. The van der Waals surface area contributed by atoms with Crippen LogP contribution in [0, 0.1) is 0 Å².